The third kappa shape index (κ3) is 4.54. The van der Waals surface area contributed by atoms with Gasteiger partial charge in [0.1, 0.15) is 5.82 Å². The van der Waals surface area contributed by atoms with E-state index in [1.54, 1.807) is 0 Å². The fraction of sp³-hybridized carbons (Fsp3) is 0.176. The molecule has 4 nitrogen and oxygen atoms in total. The molecule has 0 unspecified atom stereocenters. The Morgan fingerprint density at radius 1 is 1.22 bits per heavy atom. The molecule has 1 aliphatic heterocycles. The highest BCUT2D eigenvalue weighted by molar-refractivity contribution is 8.01. The van der Waals surface area contributed by atoms with E-state index < -0.39 is 34.6 Å². The standard InChI is InChI=1S/C17H11ClF4N2O2S/c18-10-6-9(2-3-11(10)19)23-15(25)7-14-16(26)24-12-5-8(17(20,21)22)1-4-13(12)27-14/h1-6,14H,7H2,(H,23,25)(H,24,26)/t14-/m0/s1. The number of benzene rings is 2. The third-order valence-corrected chi connectivity index (χ3v) is 5.27. The Balaban J connectivity index is 1.69. The van der Waals surface area contributed by atoms with Crippen LogP contribution < -0.4 is 10.6 Å². The maximum Gasteiger partial charge on any atom is 0.416 e. The van der Waals surface area contributed by atoms with Gasteiger partial charge in [0.2, 0.25) is 11.8 Å². The highest BCUT2D eigenvalue weighted by atomic mass is 35.5. The summed E-state index contributed by atoms with van der Waals surface area (Å²) in [6.45, 7) is 0. The zero-order valence-electron chi connectivity index (χ0n) is 13.4. The monoisotopic (exact) mass is 418 g/mol. The van der Waals surface area contributed by atoms with Crippen molar-refractivity contribution < 1.29 is 27.2 Å². The number of halogens is 5. The van der Waals surface area contributed by atoms with Crippen LogP contribution in [0.1, 0.15) is 12.0 Å². The number of carbonyl (C=O) groups excluding carboxylic acids is 2. The van der Waals surface area contributed by atoms with Crippen molar-refractivity contribution in [1.29, 1.82) is 0 Å². The van der Waals surface area contributed by atoms with Crippen molar-refractivity contribution in [3.8, 4) is 0 Å². The molecule has 2 N–H and O–H groups in total. The lowest BCUT2D eigenvalue weighted by molar-refractivity contribution is -0.137. The van der Waals surface area contributed by atoms with Gasteiger partial charge in [-0.3, -0.25) is 9.59 Å². The Kier molecular flexibility index (Phi) is 5.34. The number of hydrogen-bond donors (Lipinski definition) is 2. The van der Waals surface area contributed by atoms with Crippen LogP contribution in [0, 0.1) is 5.82 Å². The van der Waals surface area contributed by atoms with Crippen molar-refractivity contribution in [2.75, 3.05) is 10.6 Å². The van der Waals surface area contributed by atoms with Crippen LogP contribution in [-0.4, -0.2) is 17.1 Å². The van der Waals surface area contributed by atoms with Gasteiger partial charge in [0.15, 0.2) is 0 Å². The van der Waals surface area contributed by atoms with Crippen molar-refractivity contribution >= 4 is 46.6 Å². The fourth-order valence-electron chi connectivity index (χ4n) is 2.42. The van der Waals surface area contributed by atoms with Crippen LogP contribution in [0.5, 0.6) is 0 Å². The average molecular weight is 419 g/mol. The van der Waals surface area contributed by atoms with Crippen LogP contribution in [0.3, 0.4) is 0 Å². The van der Waals surface area contributed by atoms with E-state index in [0.717, 1.165) is 30.0 Å². The molecule has 2 amide bonds. The number of amides is 2. The summed E-state index contributed by atoms with van der Waals surface area (Å²) in [4.78, 5) is 24.7. The molecule has 1 heterocycles. The number of fused-ring (bicyclic) bond motifs is 1. The predicted octanol–water partition coefficient (Wildman–Crippen LogP) is 4.94. The van der Waals surface area contributed by atoms with Crippen LogP contribution in [0.2, 0.25) is 5.02 Å². The number of nitrogens with one attached hydrogen (secondary N) is 2. The summed E-state index contributed by atoms with van der Waals surface area (Å²) in [5.74, 6) is -1.72. The summed E-state index contributed by atoms with van der Waals surface area (Å²) in [5, 5.41) is 3.92. The second-order valence-electron chi connectivity index (χ2n) is 5.69. The summed E-state index contributed by atoms with van der Waals surface area (Å²) >= 11 is 6.64. The van der Waals surface area contributed by atoms with E-state index >= 15 is 0 Å². The molecule has 27 heavy (non-hydrogen) atoms. The van der Waals surface area contributed by atoms with Gasteiger partial charge >= 0.3 is 6.18 Å². The molecule has 0 fully saturated rings. The van der Waals surface area contributed by atoms with E-state index in [1.807, 2.05) is 0 Å². The largest absolute Gasteiger partial charge is 0.416 e. The lowest BCUT2D eigenvalue weighted by Crippen LogP contribution is -2.32. The van der Waals surface area contributed by atoms with Gasteiger partial charge in [-0.2, -0.15) is 13.2 Å². The maximum atomic E-state index is 13.1. The van der Waals surface area contributed by atoms with Gasteiger partial charge in [-0.1, -0.05) is 11.6 Å². The van der Waals surface area contributed by atoms with E-state index in [-0.39, 0.29) is 22.8 Å². The van der Waals surface area contributed by atoms with Gasteiger partial charge in [-0.05, 0) is 36.4 Å². The minimum absolute atomic E-state index is 0.0572. The summed E-state index contributed by atoms with van der Waals surface area (Å²) in [6.07, 6.45) is -4.73. The Hall–Kier alpha value is -2.26. The summed E-state index contributed by atoms with van der Waals surface area (Å²) in [6, 6.07) is 6.68. The van der Waals surface area contributed by atoms with Crippen LogP contribution in [-0.2, 0) is 15.8 Å². The van der Waals surface area contributed by atoms with E-state index in [4.69, 9.17) is 11.6 Å². The highest BCUT2D eigenvalue weighted by Crippen LogP contribution is 2.40. The predicted molar refractivity (Wildman–Crippen MR) is 94.4 cm³/mol. The van der Waals surface area contributed by atoms with Crippen molar-refractivity contribution in [2.45, 2.75) is 22.7 Å². The number of thioether (sulfide) groups is 1. The summed E-state index contributed by atoms with van der Waals surface area (Å²) in [5.41, 5.74) is -0.545. The zero-order chi connectivity index (χ0) is 19.8. The second-order valence-corrected chi connectivity index (χ2v) is 7.34. The number of anilines is 2. The Morgan fingerprint density at radius 2 is 1.96 bits per heavy atom. The minimum atomic E-state index is -4.52. The second kappa shape index (κ2) is 7.40. The van der Waals surface area contributed by atoms with Crippen LogP contribution in [0.15, 0.2) is 41.3 Å². The molecular formula is C17H11ClF4N2O2S. The smallest absolute Gasteiger partial charge is 0.326 e. The fourth-order valence-corrected chi connectivity index (χ4v) is 3.69. The Morgan fingerprint density at radius 3 is 2.63 bits per heavy atom. The Labute approximate surface area is 160 Å². The van der Waals surface area contributed by atoms with Crippen molar-refractivity contribution in [1.82, 2.24) is 0 Å². The maximum absolute atomic E-state index is 13.1. The average Bonchev–Trinajstić information content (AvgIpc) is 2.57. The van der Waals surface area contributed by atoms with Crippen molar-refractivity contribution in [3.05, 3.63) is 52.8 Å². The van der Waals surface area contributed by atoms with Crippen LogP contribution in [0.4, 0.5) is 28.9 Å². The molecule has 10 heteroatoms. The SMILES string of the molecule is O=C(C[C@@H]1Sc2ccc(C(F)(F)F)cc2NC1=O)Nc1ccc(F)c(Cl)c1. The molecule has 0 aliphatic carbocycles. The molecule has 142 valence electrons. The molecule has 1 aliphatic rings. The van der Waals surface area contributed by atoms with Crippen molar-refractivity contribution in [2.24, 2.45) is 0 Å². The van der Waals surface area contributed by atoms with E-state index in [0.29, 0.717) is 4.90 Å². The molecular weight excluding hydrogens is 408 g/mol. The Bertz CT molecular complexity index is 920. The number of carbonyl (C=O) groups is 2. The number of hydrogen-bond acceptors (Lipinski definition) is 3. The molecule has 0 saturated heterocycles. The first-order valence-corrected chi connectivity index (χ1v) is 8.83. The highest BCUT2D eigenvalue weighted by Gasteiger charge is 2.34. The van der Waals surface area contributed by atoms with Gasteiger partial charge in [-0.15, -0.1) is 11.8 Å². The minimum Gasteiger partial charge on any atom is -0.326 e. The van der Waals surface area contributed by atoms with Gasteiger partial charge in [0.25, 0.3) is 0 Å². The lowest BCUT2D eigenvalue weighted by atomic mass is 10.1. The van der Waals surface area contributed by atoms with E-state index in [2.05, 4.69) is 10.6 Å². The van der Waals surface area contributed by atoms with Gasteiger partial charge < -0.3 is 10.6 Å². The van der Waals surface area contributed by atoms with Crippen LogP contribution >= 0.6 is 23.4 Å². The van der Waals surface area contributed by atoms with Crippen molar-refractivity contribution in [3.63, 3.8) is 0 Å². The number of rotatable bonds is 3. The van der Waals surface area contributed by atoms with Gasteiger partial charge in [0.05, 0.1) is 21.5 Å². The van der Waals surface area contributed by atoms with E-state index in [1.165, 1.54) is 18.2 Å². The molecule has 0 spiro atoms. The van der Waals surface area contributed by atoms with Gasteiger partial charge in [0, 0.05) is 17.0 Å². The summed E-state index contributed by atoms with van der Waals surface area (Å²) in [7, 11) is 0. The van der Waals surface area contributed by atoms with Crippen LogP contribution in [0.25, 0.3) is 0 Å². The first-order chi connectivity index (χ1) is 12.6. The molecule has 1 atom stereocenters. The lowest BCUT2D eigenvalue weighted by Gasteiger charge is -2.24. The summed E-state index contributed by atoms with van der Waals surface area (Å²) < 4.78 is 51.4. The zero-order valence-corrected chi connectivity index (χ0v) is 14.9. The molecule has 0 saturated carbocycles. The topological polar surface area (TPSA) is 58.2 Å². The molecule has 0 bridgehead atoms. The van der Waals surface area contributed by atoms with Gasteiger partial charge in [-0.25, -0.2) is 4.39 Å². The van der Waals surface area contributed by atoms with E-state index in [9.17, 15) is 27.2 Å². The quantitative estimate of drug-likeness (QED) is 0.694. The normalized spacial score (nSPS) is 16.5. The first-order valence-electron chi connectivity index (χ1n) is 7.57. The molecule has 3 rings (SSSR count). The third-order valence-electron chi connectivity index (χ3n) is 3.70. The first kappa shape index (κ1) is 19.5. The molecule has 2 aromatic carbocycles. The molecule has 2 aromatic rings. The number of alkyl halides is 3. The molecule has 0 aromatic heterocycles. The molecule has 0 radical (unpaired) electrons.